The zero-order chi connectivity index (χ0) is 20.3. The monoisotopic (exact) mass is 397 g/mol. The van der Waals surface area contributed by atoms with E-state index in [9.17, 15) is 14.9 Å². The Morgan fingerprint density at radius 2 is 1.89 bits per heavy atom. The maximum absolute atomic E-state index is 12.6. The summed E-state index contributed by atoms with van der Waals surface area (Å²) in [5, 5.41) is 12.7. The Labute approximate surface area is 166 Å². The summed E-state index contributed by atoms with van der Waals surface area (Å²) < 4.78 is 12.4. The molecule has 0 spiro atoms. The molecule has 1 aromatic carbocycles. The van der Waals surface area contributed by atoms with E-state index in [1.165, 1.54) is 6.92 Å². The topological polar surface area (TPSA) is 97.3 Å². The number of nitriles is 1. The highest BCUT2D eigenvalue weighted by molar-refractivity contribution is 6.30. The van der Waals surface area contributed by atoms with Crippen LogP contribution >= 0.6 is 11.6 Å². The minimum absolute atomic E-state index is 0.00246. The first-order valence-corrected chi connectivity index (χ1v) is 8.72. The number of nitrogens with one attached hydrogen (secondary N) is 1. The number of carbonyl (C=O) groups is 2. The second-order valence-electron chi connectivity index (χ2n) is 5.96. The van der Waals surface area contributed by atoms with Crippen molar-refractivity contribution in [3.63, 3.8) is 0 Å². The van der Waals surface area contributed by atoms with Crippen LogP contribution in [0.3, 0.4) is 0 Å². The molecule has 1 N–H and O–H groups in total. The first-order valence-electron chi connectivity index (χ1n) is 8.35. The summed E-state index contributed by atoms with van der Waals surface area (Å²) in [5.41, 5.74) is 0.561. The lowest BCUT2D eigenvalue weighted by molar-refractivity contribution is -0.123. The molecule has 28 heavy (non-hydrogen) atoms. The first kappa shape index (κ1) is 19.3. The summed E-state index contributed by atoms with van der Waals surface area (Å²) in [6, 6.07) is 12.0. The largest absolute Gasteiger partial charge is 0.449 e. The molecule has 0 aliphatic rings. The van der Waals surface area contributed by atoms with Gasteiger partial charge in [-0.1, -0.05) is 11.6 Å². The SMILES string of the molecule is Cc1oc(-n2cccc2)c(C#N)c1C(=O)OC(C)C(=O)Nc1ccc(Cl)cc1. The molecule has 3 rings (SSSR count). The average Bonchev–Trinajstić information content (AvgIpc) is 3.30. The Bertz CT molecular complexity index is 1050. The fourth-order valence-electron chi connectivity index (χ4n) is 2.58. The number of aromatic nitrogens is 1. The number of hydrogen-bond acceptors (Lipinski definition) is 5. The zero-order valence-corrected chi connectivity index (χ0v) is 15.9. The Balaban J connectivity index is 1.76. The molecular formula is C20H16ClN3O4. The lowest BCUT2D eigenvalue weighted by atomic mass is 10.1. The van der Waals surface area contributed by atoms with Crippen LogP contribution in [0.15, 0.2) is 53.2 Å². The van der Waals surface area contributed by atoms with Gasteiger partial charge in [-0.25, -0.2) is 4.79 Å². The van der Waals surface area contributed by atoms with Crippen molar-refractivity contribution < 1.29 is 18.7 Å². The van der Waals surface area contributed by atoms with Crippen molar-refractivity contribution in [2.45, 2.75) is 20.0 Å². The van der Waals surface area contributed by atoms with Crippen molar-refractivity contribution in [1.82, 2.24) is 4.57 Å². The van der Waals surface area contributed by atoms with E-state index in [0.717, 1.165) is 0 Å². The fourth-order valence-corrected chi connectivity index (χ4v) is 2.71. The number of furan rings is 1. The lowest BCUT2D eigenvalue weighted by Crippen LogP contribution is -2.30. The molecule has 0 fully saturated rings. The van der Waals surface area contributed by atoms with Crippen LogP contribution in [0.5, 0.6) is 0 Å². The number of esters is 1. The molecule has 0 saturated heterocycles. The van der Waals surface area contributed by atoms with E-state index >= 15 is 0 Å². The van der Waals surface area contributed by atoms with Crippen molar-refractivity contribution in [2.24, 2.45) is 0 Å². The fraction of sp³-hybridized carbons (Fsp3) is 0.150. The molecule has 2 aromatic heterocycles. The average molecular weight is 398 g/mol. The first-order chi connectivity index (χ1) is 13.4. The number of aryl methyl sites for hydroxylation is 1. The summed E-state index contributed by atoms with van der Waals surface area (Å²) >= 11 is 5.81. The standard InChI is InChI=1S/C20H16ClN3O4/c1-12-17(16(11-22)19(27-12)24-9-3-4-10-24)20(26)28-13(2)18(25)23-15-7-5-14(21)6-8-15/h3-10,13H,1-2H3,(H,23,25). The van der Waals surface area contributed by atoms with Gasteiger partial charge >= 0.3 is 5.97 Å². The number of amides is 1. The van der Waals surface area contributed by atoms with Crippen LogP contribution in [0.4, 0.5) is 5.69 Å². The Kier molecular flexibility index (Phi) is 5.52. The van der Waals surface area contributed by atoms with Crippen molar-refractivity contribution in [3.05, 3.63) is 70.7 Å². The molecule has 1 unspecified atom stereocenters. The summed E-state index contributed by atoms with van der Waals surface area (Å²) in [4.78, 5) is 24.9. The van der Waals surface area contributed by atoms with Gasteiger partial charge in [0.05, 0.1) is 0 Å². The second kappa shape index (κ2) is 8.03. The predicted molar refractivity (Wildman–Crippen MR) is 102 cm³/mol. The number of ether oxygens (including phenoxy) is 1. The van der Waals surface area contributed by atoms with Gasteiger partial charge in [0.25, 0.3) is 5.91 Å². The van der Waals surface area contributed by atoms with Crippen molar-refractivity contribution in [3.8, 4) is 12.0 Å². The van der Waals surface area contributed by atoms with Gasteiger partial charge in [0.15, 0.2) is 6.10 Å². The summed E-state index contributed by atoms with van der Waals surface area (Å²) in [6.07, 6.45) is 2.30. The third-order valence-corrected chi connectivity index (χ3v) is 4.24. The minimum Gasteiger partial charge on any atom is -0.449 e. The van der Waals surface area contributed by atoms with Crippen LogP contribution in [0.2, 0.25) is 5.02 Å². The smallest absolute Gasteiger partial charge is 0.343 e. The highest BCUT2D eigenvalue weighted by Crippen LogP contribution is 2.26. The third kappa shape index (κ3) is 3.92. The van der Waals surface area contributed by atoms with Crippen molar-refractivity contribution in [2.75, 3.05) is 5.32 Å². The molecule has 0 aliphatic carbocycles. The van der Waals surface area contributed by atoms with Crippen molar-refractivity contribution >= 4 is 29.2 Å². The normalized spacial score (nSPS) is 11.5. The van der Waals surface area contributed by atoms with Gasteiger partial charge in [0.1, 0.15) is 23.0 Å². The molecule has 2 heterocycles. The predicted octanol–water partition coefficient (Wildman–Crippen LogP) is 4.09. The zero-order valence-electron chi connectivity index (χ0n) is 15.1. The Morgan fingerprint density at radius 1 is 1.25 bits per heavy atom. The maximum Gasteiger partial charge on any atom is 0.343 e. The summed E-state index contributed by atoms with van der Waals surface area (Å²) in [6.45, 7) is 3.00. The van der Waals surface area contributed by atoms with Gasteiger partial charge in [-0.2, -0.15) is 5.26 Å². The lowest BCUT2D eigenvalue weighted by Gasteiger charge is -2.13. The molecule has 0 bridgehead atoms. The van der Waals surface area contributed by atoms with Gasteiger partial charge < -0.3 is 14.5 Å². The van der Waals surface area contributed by atoms with Gasteiger partial charge in [-0.3, -0.25) is 9.36 Å². The number of benzene rings is 1. The Hall–Kier alpha value is -3.50. The molecule has 3 aromatic rings. The highest BCUT2D eigenvalue weighted by Gasteiger charge is 2.28. The number of rotatable bonds is 5. The number of halogens is 1. The van der Waals surface area contributed by atoms with Gasteiger partial charge in [-0.15, -0.1) is 0 Å². The van der Waals surface area contributed by atoms with Crippen LogP contribution in [-0.2, 0) is 9.53 Å². The van der Waals surface area contributed by atoms with Crippen LogP contribution in [-0.4, -0.2) is 22.5 Å². The van der Waals surface area contributed by atoms with Gasteiger partial charge in [0.2, 0.25) is 5.88 Å². The van der Waals surface area contributed by atoms with Gasteiger partial charge in [0, 0.05) is 23.1 Å². The van der Waals surface area contributed by atoms with Crippen LogP contribution in [0.25, 0.3) is 5.88 Å². The second-order valence-corrected chi connectivity index (χ2v) is 6.40. The quantitative estimate of drug-likeness (QED) is 0.654. The third-order valence-electron chi connectivity index (χ3n) is 3.99. The van der Waals surface area contributed by atoms with Gasteiger partial charge in [-0.05, 0) is 50.2 Å². The molecule has 1 amide bonds. The number of hydrogen-bond donors (Lipinski definition) is 1. The Morgan fingerprint density at radius 3 is 2.50 bits per heavy atom. The maximum atomic E-state index is 12.6. The summed E-state index contributed by atoms with van der Waals surface area (Å²) in [5.74, 6) is -0.873. The number of nitrogens with zero attached hydrogens (tertiary/aromatic N) is 2. The molecule has 0 aliphatic heterocycles. The van der Waals surface area contributed by atoms with Crippen molar-refractivity contribution in [1.29, 1.82) is 5.26 Å². The minimum atomic E-state index is -1.08. The van der Waals surface area contributed by atoms with E-state index in [1.807, 2.05) is 6.07 Å². The van der Waals surface area contributed by atoms with Crippen LogP contribution in [0.1, 0.15) is 28.6 Å². The highest BCUT2D eigenvalue weighted by atomic mass is 35.5. The van der Waals surface area contributed by atoms with E-state index < -0.39 is 18.0 Å². The van der Waals surface area contributed by atoms with E-state index in [-0.39, 0.29) is 22.8 Å². The van der Waals surface area contributed by atoms with E-state index in [2.05, 4.69) is 5.32 Å². The molecule has 1 atom stereocenters. The number of anilines is 1. The molecule has 0 radical (unpaired) electrons. The van der Waals surface area contributed by atoms with Crippen LogP contribution < -0.4 is 5.32 Å². The number of carbonyl (C=O) groups excluding carboxylic acids is 2. The molecule has 0 saturated carbocycles. The molecular weight excluding hydrogens is 382 g/mol. The molecule has 8 heteroatoms. The molecule has 142 valence electrons. The molecule has 7 nitrogen and oxygen atoms in total. The van der Waals surface area contributed by atoms with E-state index in [0.29, 0.717) is 10.7 Å². The van der Waals surface area contributed by atoms with Crippen LogP contribution in [0, 0.1) is 18.3 Å². The summed E-state index contributed by atoms with van der Waals surface area (Å²) in [7, 11) is 0. The van der Waals surface area contributed by atoms with E-state index in [1.54, 1.807) is 60.3 Å². The van der Waals surface area contributed by atoms with E-state index in [4.69, 9.17) is 20.8 Å².